The average Bonchev–Trinajstić information content (AvgIpc) is 3.38. The second-order valence-corrected chi connectivity index (χ2v) is 18.7. The Kier molecular flexibility index (Phi) is 24.1. The van der Waals surface area contributed by atoms with Gasteiger partial charge >= 0.3 is 0 Å². The van der Waals surface area contributed by atoms with Crippen LogP contribution >= 0.6 is 0 Å². The first-order chi connectivity index (χ1) is 35.9. The first-order valence-corrected chi connectivity index (χ1v) is 24.0. The van der Waals surface area contributed by atoms with E-state index in [2.05, 4.69) is 16.0 Å². The quantitative estimate of drug-likeness (QED) is 0.0452. The van der Waals surface area contributed by atoms with E-state index in [1.54, 1.807) is 0 Å². The molecular weight excluding hydrogens is 1040 g/mol. The summed E-state index contributed by atoms with van der Waals surface area (Å²) in [7, 11) is 0. The Hall–Kier alpha value is -2.71. The molecule has 0 aliphatic carbocycles. The molecule has 76 heavy (non-hydrogen) atoms. The number of hydrogen-bond donors (Lipinski definition) is 21. The van der Waals surface area contributed by atoms with E-state index in [4.69, 9.17) is 47.4 Å². The third-order valence-electron chi connectivity index (χ3n) is 13.3. The minimum atomic E-state index is -2.29. The van der Waals surface area contributed by atoms with Crippen LogP contribution in [0.25, 0.3) is 0 Å². The van der Waals surface area contributed by atoms with Gasteiger partial charge < -0.3 is 155 Å². The van der Waals surface area contributed by atoms with Crippen molar-refractivity contribution >= 4 is 17.7 Å². The van der Waals surface area contributed by atoms with Crippen molar-refractivity contribution in [3.05, 3.63) is 0 Å². The lowest BCUT2D eigenvalue weighted by molar-refractivity contribution is -0.382. The van der Waals surface area contributed by atoms with Gasteiger partial charge in [-0.05, 0) is 0 Å². The van der Waals surface area contributed by atoms with E-state index in [1.165, 1.54) is 0 Å². The van der Waals surface area contributed by atoms with Crippen molar-refractivity contribution in [3.8, 4) is 0 Å². The van der Waals surface area contributed by atoms with Crippen molar-refractivity contribution in [2.24, 2.45) is 0 Å². The fraction of sp³-hybridized carbons (Fsp3) is 0.929. The number of aliphatic hydroxyl groups is 18. The van der Waals surface area contributed by atoms with E-state index in [0.29, 0.717) is 0 Å². The van der Waals surface area contributed by atoms with Gasteiger partial charge in [0.25, 0.3) is 0 Å². The Labute approximate surface area is 431 Å². The lowest BCUT2D eigenvalue weighted by Gasteiger charge is -2.51. The summed E-state index contributed by atoms with van der Waals surface area (Å²) in [5.74, 6) is -2.54. The Morgan fingerprint density at radius 3 is 1.13 bits per heavy atom. The molecule has 442 valence electrons. The first-order valence-electron chi connectivity index (χ1n) is 24.0. The molecule has 0 aromatic carbocycles. The van der Waals surface area contributed by atoms with Crippen LogP contribution in [0.3, 0.4) is 0 Å². The summed E-state index contributed by atoms with van der Waals surface area (Å²) in [4.78, 5) is 37.5. The van der Waals surface area contributed by atoms with Crippen LogP contribution in [0.2, 0.25) is 0 Å². The predicted octanol–water partition coefficient (Wildman–Crippen LogP) is -14.0. The smallest absolute Gasteiger partial charge is 0.217 e. The van der Waals surface area contributed by atoms with Crippen LogP contribution in [0.4, 0.5) is 0 Å². The number of nitrogens with one attached hydrogen (secondary N) is 3. The highest BCUT2D eigenvalue weighted by Crippen LogP contribution is 2.36. The highest BCUT2D eigenvalue weighted by molar-refractivity contribution is 5.74. The van der Waals surface area contributed by atoms with Crippen LogP contribution in [-0.2, 0) is 61.8 Å². The van der Waals surface area contributed by atoms with Gasteiger partial charge in [0.05, 0.1) is 52.3 Å². The number of carbonyl (C=O) groups excluding carboxylic acids is 3. The highest BCUT2D eigenvalue weighted by atomic mass is 16.8. The van der Waals surface area contributed by atoms with Gasteiger partial charge in [-0.3, -0.25) is 14.4 Å². The van der Waals surface area contributed by atoms with Crippen molar-refractivity contribution < 1.29 is 154 Å². The van der Waals surface area contributed by atoms with Crippen LogP contribution in [0.5, 0.6) is 0 Å². The van der Waals surface area contributed by atoms with Crippen molar-refractivity contribution in [1.29, 1.82) is 0 Å². The topological polar surface area (TPSA) is 544 Å². The number of amides is 3. The Bertz CT molecular complexity index is 1820. The summed E-state index contributed by atoms with van der Waals surface area (Å²) >= 11 is 0. The maximum Gasteiger partial charge on any atom is 0.217 e. The molecule has 5 aliphatic rings. The SMILES string of the molecule is CC(=O)N[C@H]1[C@H](O[C@H]2[C@@H](O)[C@@H](CO)O[C@@H](O[C@H]3[C@H](O)[C@@H](CO)O[C@@H](O[C@H]4[C@@H](O)[C@@H](CO)O[C@@H](O[C@H]([C@@H](O)[C@H](O)CO)[C@H](CO)NC(C)=O)[C@@H]4O)[C@@H]3NC(C)=O)[C@@H]2O)O[C@H](CO)[C@@H](O)[C@@H]1O[C@@H]1O[C@H](CO)[C@H](O)[C@H](O)[C@H]1O. The van der Waals surface area contributed by atoms with Crippen LogP contribution in [0.1, 0.15) is 20.8 Å². The van der Waals surface area contributed by atoms with Crippen molar-refractivity contribution in [1.82, 2.24) is 16.0 Å². The summed E-state index contributed by atoms with van der Waals surface area (Å²) in [6.45, 7) is -4.13. The average molecular weight is 1120 g/mol. The Morgan fingerprint density at radius 1 is 0.421 bits per heavy atom. The molecule has 0 spiro atoms. The van der Waals surface area contributed by atoms with Crippen LogP contribution in [0, 0.1) is 0 Å². The molecule has 0 unspecified atom stereocenters. The molecule has 21 N–H and O–H groups in total. The number of ether oxygens (including phenoxy) is 10. The molecule has 34 heteroatoms. The number of aliphatic hydroxyl groups excluding tert-OH is 18. The molecule has 5 rings (SSSR count). The molecule has 5 fully saturated rings. The van der Waals surface area contributed by atoms with E-state index in [0.717, 1.165) is 20.8 Å². The molecule has 0 saturated carbocycles. The number of carbonyl (C=O) groups is 3. The van der Waals surface area contributed by atoms with E-state index in [9.17, 15) is 106 Å². The first kappa shape index (κ1) is 64.1. The molecule has 29 atom stereocenters. The highest BCUT2D eigenvalue weighted by Gasteiger charge is 2.58. The van der Waals surface area contributed by atoms with Crippen LogP contribution in [-0.4, -0.2) is 334 Å². The second-order valence-electron chi connectivity index (χ2n) is 18.7. The fourth-order valence-corrected chi connectivity index (χ4v) is 9.31. The van der Waals surface area contributed by atoms with Gasteiger partial charge in [-0.1, -0.05) is 0 Å². The monoisotopic (exact) mass is 1120 g/mol. The van der Waals surface area contributed by atoms with Gasteiger partial charge in [0.2, 0.25) is 17.7 Å². The number of hydrogen-bond acceptors (Lipinski definition) is 31. The van der Waals surface area contributed by atoms with Crippen molar-refractivity contribution in [2.75, 3.05) is 46.2 Å². The predicted molar refractivity (Wildman–Crippen MR) is 236 cm³/mol. The fourth-order valence-electron chi connectivity index (χ4n) is 9.31. The maximum atomic E-state index is 12.8. The van der Waals surface area contributed by atoms with Crippen molar-refractivity contribution in [3.63, 3.8) is 0 Å². The third-order valence-corrected chi connectivity index (χ3v) is 13.3. The van der Waals surface area contributed by atoms with Gasteiger partial charge in [-0.15, -0.1) is 0 Å². The van der Waals surface area contributed by atoms with E-state index >= 15 is 0 Å². The third kappa shape index (κ3) is 14.6. The molecule has 34 nitrogen and oxygen atoms in total. The molecular formula is C42H73N3O31. The summed E-state index contributed by atoms with van der Waals surface area (Å²) < 4.78 is 57.8. The molecule has 5 saturated heterocycles. The standard InChI is InChI=1S/C42H73N3O31/c1-11(53)43-14(4-46)33(23(57)15(56)5-47)72-41-31(65)36(27(61)19(9-51)70-41)75-39-22(45-13(3)55)35(26(60)18(8-50)68-39)74-42-32(66)37(28(62)20(10-52)71-42)76-38-21(44-12(2)54)34(25(59)17(7-49)67-38)73-40-30(64)29(63)24(58)16(6-48)69-40/h14-42,46-52,56-66H,4-10H2,1-3H3,(H,43,53)(H,44,54)(H,45,55)/t14-,15+,16+,17+,18+,19+,20+,21+,22+,23-,24-,25+,26+,27-,28-,29-,30+,31+,32+,33-,34+,35+,36-,37-,38-,39-,40-,41-,42-/m0/s1. The van der Waals surface area contributed by atoms with Crippen LogP contribution < -0.4 is 16.0 Å². The molecule has 0 radical (unpaired) electrons. The Balaban J connectivity index is 1.46. The molecule has 5 aliphatic heterocycles. The normalized spacial score (nSPS) is 43.8. The van der Waals surface area contributed by atoms with Crippen LogP contribution in [0.15, 0.2) is 0 Å². The Morgan fingerprint density at radius 2 is 0.763 bits per heavy atom. The zero-order valence-corrected chi connectivity index (χ0v) is 41.0. The minimum absolute atomic E-state index is 0.775. The number of rotatable bonds is 23. The summed E-state index contributed by atoms with van der Waals surface area (Å²) in [5.41, 5.74) is 0. The van der Waals surface area contributed by atoms with Gasteiger partial charge in [-0.25, -0.2) is 0 Å². The minimum Gasteiger partial charge on any atom is -0.394 e. The van der Waals surface area contributed by atoms with E-state index in [1.807, 2.05) is 0 Å². The zero-order valence-electron chi connectivity index (χ0n) is 41.0. The molecule has 5 heterocycles. The van der Waals surface area contributed by atoms with Gasteiger partial charge in [-0.2, -0.15) is 0 Å². The maximum absolute atomic E-state index is 12.8. The lowest BCUT2D eigenvalue weighted by Crippen LogP contribution is -2.71. The van der Waals surface area contributed by atoms with E-state index < -0.39 is 242 Å². The summed E-state index contributed by atoms with van der Waals surface area (Å²) in [6, 6.07) is -5.18. The summed E-state index contributed by atoms with van der Waals surface area (Å²) in [6.07, 6.45) is -51.4. The molecule has 0 aromatic rings. The lowest BCUT2D eigenvalue weighted by atomic mass is 9.93. The van der Waals surface area contributed by atoms with Gasteiger partial charge in [0.15, 0.2) is 31.5 Å². The summed E-state index contributed by atoms with van der Waals surface area (Å²) in [5, 5.41) is 200. The molecule has 0 bridgehead atoms. The van der Waals surface area contributed by atoms with Gasteiger partial charge in [0, 0.05) is 20.8 Å². The zero-order chi connectivity index (χ0) is 56.6. The van der Waals surface area contributed by atoms with Gasteiger partial charge in [0.1, 0.15) is 140 Å². The second kappa shape index (κ2) is 28.6. The largest absolute Gasteiger partial charge is 0.394 e. The van der Waals surface area contributed by atoms with Crippen molar-refractivity contribution in [2.45, 2.75) is 199 Å². The molecule has 0 aromatic heterocycles. The molecule has 3 amide bonds. The van der Waals surface area contributed by atoms with E-state index in [-0.39, 0.29) is 0 Å².